The molecule has 0 aliphatic carbocycles. The van der Waals surface area contributed by atoms with Crippen LogP contribution in [-0.4, -0.2) is 30.0 Å². The second kappa shape index (κ2) is 4.28. The van der Waals surface area contributed by atoms with Crippen molar-refractivity contribution in [1.29, 1.82) is 0 Å². The molecule has 0 radical (unpaired) electrons. The maximum absolute atomic E-state index is 12.3. The van der Waals surface area contributed by atoms with Crippen LogP contribution in [0.15, 0.2) is 18.3 Å². The Hall–Kier alpha value is -2.12. The Labute approximate surface area is 99.2 Å². The molecule has 0 N–H and O–H groups in total. The van der Waals surface area contributed by atoms with Crippen molar-refractivity contribution in [2.75, 3.05) is 18.0 Å². The first-order valence-corrected chi connectivity index (χ1v) is 4.88. The Morgan fingerprint density at radius 2 is 1.78 bits per heavy atom. The zero-order chi connectivity index (χ0) is 13.3. The summed E-state index contributed by atoms with van der Waals surface area (Å²) in [6.07, 6.45) is -3.55. The van der Waals surface area contributed by atoms with Gasteiger partial charge in [0.25, 0.3) is 0 Å². The van der Waals surface area contributed by atoms with Crippen LogP contribution in [-0.2, 0) is 20.5 Å². The number of aromatic nitrogens is 1. The van der Waals surface area contributed by atoms with Gasteiger partial charge in [0.15, 0.2) is 0 Å². The molecule has 8 heteroatoms. The number of cyclic esters (lactones) is 2. The van der Waals surface area contributed by atoms with Crippen LogP contribution in [0.2, 0.25) is 0 Å². The summed E-state index contributed by atoms with van der Waals surface area (Å²) in [5.74, 6) is -1.49. The highest BCUT2D eigenvalue weighted by Crippen LogP contribution is 2.28. The summed E-state index contributed by atoms with van der Waals surface area (Å²) in [6, 6.07) is 1.95. The number of alkyl halides is 3. The number of rotatable bonds is 1. The third-order valence-electron chi connectivity index (χ3n) is 2.27. The van der Waals surface area contributed by atoms with E-state index >= 15 is 0 Å². The smallest absolute Gasteiger partial charge is 0.390 e. The van der Waals surface area contributed by atoms with Crippen LogP contribution < -0.4 is 4.90 Å². The predicted octanol–water partition coefficient (Wildman–Crippen LogP) is 0.990. The molecule has 0 unspecified atom stereocenters. The topological polar surface area (TPSA) is 59.5 Å². The van der Waals surface area contributed by atoms with Crippen LogP contribution in [0.1, 0.15) is 5.69 Å². The Balaban J connectivity index is 2.19. The summed E-state index contributed by atoms with van der Waals surface area (Å²) in [5, 5.41) is 0. The minimum Gasteiger partial charge on any atom is -0.390 e. The maximum Gasteiger partial charge on any atom is 0.433 e. The van der Waals surface area contributed by atoms with Crippen molar-refractivity contribution < 1.29 is 27.5 Å². The summed E-state index contributed by atoms with van der Waals surface area (Å²) in [7, 11) is 0. The maximum atomic E-state index is 12.3. The number of hydrogen-bond donors (Lipinski definition) is 0. The molecular weight excluding hydrogens is 253 g/mol. The average Bonchev–Trinajstić information content (AvgIpc) is 2.27. The van der Waals surface area contributed by atoms with Gasteiger partial charge in [-0.15, -0.1) is 0 Å². The van der Waals surface area contributed by atoms with Crippen LogP contribution in [0.25, 0.3) is 0 Å². The van der Waals surface area contributed by atoms with E-state index in [1.807, 2.05) is 0 Å². The second-order valence-corrected chi connectivity index (χ2v) is 3.60. The van der Waals surface area contributed by atoms with Gasteiger partial charge < -0.3 is 9.64 Å². The van der Waals surface area contributed by atoms with Gasteiger partial charge in [0.2, 0.25) is 0 Å². The van der Waals surface area contributed by atoms with Gasteiger partial charge >= 0.3 is 18.1 Å². The lowest BCUT2D eigenvalue weighted by atomic mass is 10.3. The fourth-order valence-electron chi connectivity index (χ4n) is 1.48. The standard InChI is InChI=1S/C10H7F3N2O3/c11-10(12,13)7-2-1-6(3-14-7)15-4-8(16)18-9(17)5-15/h1-3H,4-5H2. The largest absolute Gasteiger partial charge is 0.433 e. The minimum absolute atomic E-state index is 0.196. The number of ether oxygens (including phenoxy) is 1. The number of morpholine rings is 1. The molecule has 1 saturated heterocycles. The molecule has 0 amide bonds. The molecule has 1 aliphatic rings. The number of hydrogen-bond acceptors (Lipinski definition) is 5. The molecule has 0 bridgehead atoms. The van der Waals surface area contributed by atoms with Crippen LogP contribution in [0.4, 0.5) is 18.9 Å². The average molecular weight is 260 g/mol. The predicted molar refractivity (Wildman–Crippen MR) is 52.6 cm³/mol. The zero-order valence-electron chi connectivity index (χ0n) is 8.90. The Kier molecular flexibility index (Phi) is 2.93. The fraction of sp³-hybridized carbons (Fsp3) is 0.300. The first-order chi connectivity index (χ1) is 8.36. The van der Waals surface area contributed by atoms with E-state index in [0.29, 0.717) is 0 Å². The van der Waals surface area contributed by atoms with Crippen molar-refractivity contribution in [2.24, 2.45) is 0 Å². The molecule has 1 fully saturated rings. The normalized spacial score (nSPS) is 16.7. The van der Waals surface area contributed by atoms with Crippen molar-refractivity contribution >= 4 is 17.6 Å². The molecule has 1 aliphatic heterocycles. The monoisotopic (exact) mass is 260 g/mol. The molecule has 96 valence electrons. The Bertz CT molecular complexity index is 468. The van der Waals surface area contributed by atoms with Gasteiger partial charge in [-0.25, -0.2) is 14.6 Å². The van der Waals surface area contributed by atoms with E-state index in [1.54, 1.807) is 0 Å². The van der Waals surface area contributed by atoms with Crippen LogP contribution in [0.3, 0.4) is 0 Å². The number of anilines is 1. The lowest BCUT2D eigenvalue weighted by Gasteiger charge is -2.25. The number of carbonyl (C=O) groups is 2. The first-order valence-electron chi connectivity index (χ1n) is 4.88. The fourth-order valence-corrected chi connectivity index (χ4v) is 1.48. The summed E-state index contributed by atoms with van der Waals surface area (Å²) >= 11 is 0. The summed E-state index contributed by atoms with van der Waals surface area (Å²) in [4.78, 5) is 26.5. The van der Waals surface area contributed by atoms with Crippen molar-refractivity contribution in [3.8, 4) is 0 Å². The molecule has 0 saturated carbocycles. The quantitative estimate of drug-likeness (QED) is 0.556. The van der Waals surface area contributed by atoms with E-state index in [4.69, 9.17) is 0 Å². The van der Waals surface area contributed by atoms with E-state index in [9.17, 15) is 22.8 Å². The first kappa shape index (κ1) is 12.3. The summed E-state index contributed by atoms with van der Waals surface area (Å²) in [6.45, 7) is -0.391. The van der Waals surface area contributed by atoms with E-state index in [2.05, 4.69) is 9.72 Å². The molecule has 1 aromatic rings. The summed E-state index contributed by atoms with van der Waals surface area (Å²) in [5.41, 5.74) is -0.773. The number of halogens is 3. The van der Waals surface area contributed by atoms with Crippen LogP contribution in [0.5, 0.6) is 0 Å². The number of pyridine rings is 1. The van der Waals surface area contributed by atoms with Crippen LogP contribution >= 0.6 is 0 Å². The minimum atomic E-state index is -4.52. The molecule has 1 aromatic heterocycles. The SMILES string of the molecule is O=C1CN(c2ccc(C(F)(F)F)nc2)CC(=O)O1. The van der Waals surface area contributed by atoms with Gasteiger partial charge in [-0.3, -0.25) is 0 Å². The third kappa shape index (κ3) is 2.58. The molecule has 5 nitrogen and oxygen atoms in total. The Morgan fingerprint density at radius 3 is 2.22 bits per heavy atom. The van der Waals surface area contributed by atoms with Gasteiger partial charge in [0.05, 0.1) is 11.9 Å². The van der Waals surface area contributed by atoms with Crippen molar-refractivity contribution in [2.45, 2.75) is 6.18 Å². The van der Waals surface area contributed by atoms with E-state index < -0.39 is 23.8 Å². The number of nitrogens with zero attached hydrogens (tertiary/aromatic N) is 2. The van der Waals surface area contributed by atoms with Gasteiger partial charge in [0, 0.05) is 0 Å². The van der Waals surface area contributed by atoms with E-state index in [1.165, 1.54) is 4.90 Å². The molecule has 2 rings (SSSR count). The highest BCUT2D eigenvalue weighted by atomic mass is 19.4. The van der Waals surface area contributed by atoms with Crippen molar-refractivity contribution in [3.05, 3.63) is 24.0 Å². The highest BCUT2D eigenvalue weighted by Gasteiger charge is 2.32. The molecule has 2 heterocycles. The molecule has 0 atom stereocenters. The van der Waals surface area contributed by atoms with E-state index in [0.717, 1.165) is 18.3 Å². The van der Waals surface area contributed by atoms with E-state index in [-0.39, 0.29) is 18.8 Å². The number of esters is 2. The highest BCUT2D eigenvalue weighted by molar-refractivity contribution is 5.94. The number of carbonyl (C=O) groups excluding carboxylic acids is 2. The molecule has 18 heavy (non-hydrogen) atoms. The Morgan fingerprint density at radius 1 is 1.17 bits per heavy atom. The lowest BCUT2D eigenvalue weighted by molar-refractivity contribution is -0.160. The van der Waals surface area contributed by atoms with Gasteiger partial charge in [-0.2, -0.15) is 13.2 Å². The van der Waals surface area contributed by atoms with Gasteiger partial charge in [-0.05, 0) is 12.1 Å². The van der Waals surface area contributed by atoms with Crippen LogP contribution in [0, 0.1) is 0 Å². The lowest BCUT2D eigenvalue weighted by Crippen LogP contribution is -2.43. The van der Waals surface area contributed by atoms with Gasteiger partial charge in [-0.1, -0.05) is 0 Å². The van der Waals surface area contributed by atoms with Crippen molar-refractivity contribution in [3.63, 3.8) is 0 Å². The molecule has 0 aromatic carbocycles. The summed E-state index contributed by atoms with van der Waals surface area (Å²) < 4.78 is 41.1. The molecule has 0 spiro atoms. The van der Waals surface area contributed by atoms with Crippen molar-refractivity contribution in [1.82, 2.24) is 4.98 Å². The van der Waals surface area contributed by atoms with Gasteiger partial charge in [0.1, 0.15) is 18.8 Å². The second-order valence-electron chi connectivity index (χ2n) is 3.60. The molecular formula is C10H7F3N2O3. The third-order valence-corrected chi connectivity index (χ3v) is 2.27. The zero-order valence-corrected chi connectivity index (χ0v) is 8.90.